The number of hydrogen-bond acceptors (Lipinski definition) is 1. The maximum absolute atomic E-state index is 5.65. The van der Waals surface area contributed by atoms with Gasteiger partial charge in [0.15, 0.2) is 0 Å². The van der Waals surface area contributed by atoms with E-state index in [4.69, 9.17) is 11.2 Å². The van der Waals surface area contributed by atoms with Crippen molar-refractivity contribution in [2.45, 2.75) is 26.1 Å². The molecule has 0 atom stereocenters. The molecule has 0 radical (unpaired) electrons. The molecule has 0 aliphatic rings. The summed E-state index contributed by atoms with van der Waals surface area (Å²) in [4.78, 5) is 0. The Morgan fingerprint density at radius 1 is 1.27 bits per heavy atom. The molecular formula is C14H14O. The molecule has 0 bridgehead atoms. The van der Waals surface area contributed by atoms with Gasteiger partial charge in [-0.2, -0.15) is 0 Å². The van der Waals surface area contributed by atoms with Gasteiger partial charge in [0.25, 0.3) is 0 Å². The molecule has 0 unspecified atom stereocenters. The maximum Gasteiger partial charge on any atom is 0.124 e. The van der Waals surface area contributed by atoms with Crippen molar-refractivity contribution in [1.82, 2.24) is 0 Å². The molecular weight excluding hydrogens is 184 g/mol. The molecule has 0 fully saturated rings. The molecule has 76 valence electrons. The monoisotopic (exact) mass is 198 g/mol. The van der Waals surface area contributed by atoms with Gasteiger partial charge in [-0.15, -0.1) is 6.42 Å². The van der Waals surface area contributed by atoms with Crippen LogP contribution in [-0.4, -0.2) is 5.60 Å². The van der Waals surface area contributed by atoms with Crippen LogP contribution in [0, 0.1) is 24.2 Å². The Labute approximate surface area is 91.5 Å². The molecule has 1 nitrogen and oxygen atoms in total. The summed E-state index contributed by atoms with van der Waals surface area (Å²) < 4.78 is 5.65. The first-order valence-corrected chi connectivity index (χ1v) is 4.80. The number of benzene rings is 1. The standard InChI is InChI=1S/C14H14O/c1-4-5-11-14(2,3)15-12-13-9-7-6-8-10-13/h1,6-10H,12H2,2-3H3. The van der Waals surface area contributed by atoms with E-state index in [9.17, 15) is 0 Å². The molecule has 0 saturated carbocycles. The van der Waals surface area contributed by atoms with Gasteiger partial charge in [-0.1, -0.05) is 36.3 Å². The minimum Gasteiger partial charge on any atom is -0.358 e. The molecule has 0 aliphatic carbocycles. The van der Waals surface area contributed by atoms with E-state index in [2.05, 4.69) is 17.8 Å². The Hall–Kier alpha value is -1.70. The average molecular weight is 198 g/mol. The van der Waals surface area contributed by atoms with E-state index in [1.807, 2.05) is 44.2 Å². The lowest BCUT2D eigenvalue weighted by atomic mass is 10.1. The van der Waals surface area contributed by atoms with E-state index < -0.39 is 5.60 Å². The Bertz CT molecular complexity index is 398. The van der Waals surface area contributed by atoms with Gasteiger partial charge in [0.1, 0.15) is 5.60 Å². The topological polar surface area (TPSA) is 9.23 Å². The second-order valence-corrected chi connectivity index (χ2v) is 3.68. The van der Waals surface area contributed by atoms with E-state index in [-0.39, 0.29) is 0 Å². The zero-order valence-corrected chi connectivity index (χ0v) is 9.08. The molecule has 0 amide bonds. The van der Waals surface area contributed by atoms with Crippen molar-refractivity contribution in [3.8, 4) is 24.2 Å². The minimum atomic E-state index is -0.498. The van der Waals surface area contributed by atoms with Crippen molar-refractivity contribution >= 4 is 0 Å². The highest BCUT2D eigenvalue weighted by Gasteiger charge is 2.14. The van der Waals surface area contributed by atoms with Crippen LogP contribution in [-0.2, 0) is 11.3 Å². The molecule has 0 spiro atoms. The number of terminal acetylenes is 1. The Morgan fingerprint density at radius 2 is 1.93 bits per heavy atom. The van der Waals surface area contributed by atoms with Crippen molar-refractivity contribution in [3.63, 3.8) is 0 Å². The second kappa shape index (κ2) is 5.25. The van der Waals surface area contributed by atoms with Crippen LogP contribution in [0.2, 0.25) is 0 Å². The highest BCUT2D eigenvalue weighted by Crippen LogP contribution is 2.11. The van der Waals surface area contributed by atoms with Crippen molar-refractivity contribution in [2.24, 2.45) is 0 Å². The fourth-order valence-corrected chi connectivity index (χ4v) is 1.06. The summed E-state index contributed by atoms with van der Waals surface area (Å²) in [6.07, 6.45) is 5.06. The van der Waals surface area contributed by atoms with E-state index in [0.717, 1.165) is 5.56 Å². The van der Waals surface area contributed by atoms with Crippen LogP contribution in [0.5, 0.6) is 0 Å². The minimum absolute atomic E-state index is 0.498. The summed E-state index contributed by atoms with van der Waals surface area (Å²) in [7, 11) is 0. The van der Waals surface area contributed by atoms with Crippen molar-refractivity contribution in [2.75, 3.05) is 0 Å². The number of hydrogen-bond donors (Lipinski definition) is 0. The lowest BCUT2D eigenvalue weighted by Crippen LogP contribution is -2.21. The van der Waals surface area contributed by atoms with Gasteiger partial charge in [-0.05, 0) is 31.3 Å². The van der Waals surface area contributed by atoms with E-state index in [0.29, 0.717) is 6.61 Å². The van der Waals surface area contributed by atoms with Crippen molar-refractivity contribution < 1.29 is 4.74 Å². The molecule has 0 aliphatic heterocycles. The summed E-state index contributed by atoms with van der Waals surface area (Å²) in [6.45, 7) is 4.35. The summed E-state index contributed by atoms with van der Waals surface area (Å²) in [6, 6.07) is 9.99. The van der Waals surface area contributed by atoms with Gasteiger partial charge in [-0.25, -0.2) is 0 Å². The maximum atomic E-state index is 5.65. The zero-order valence-electron chi connectivity index (χ0n) is 9.08. The van der Waals surface area contributed by atoms with Gasteiger partial charge < -0.3 is 4.74 Å². The van der Waals surface area contributed by atoms with E-state index >= 15 is 0 Å². The first kappa shape index (κ1) is 11.4. The molecule has 0 saturated heterocycles. The third-order valence-electron chi connectivity index (χ3n) is 1.88. The largest absolute Gasteiger partial charge is 0.358 e. The summed E-state index contributed by atoms with van der Waals surface area (Å²) >= 11 is 0. The molecule has 1 aromatic rings. The molecule has 0 aromatic heterocycles. The van der Waals surface area contributed by atoms with Crippen LogP contribution in [0.1, 0.15) is 19.4 Å². The normalized spacial score (nSPS) is 9.93. The van der Waals surface area contributed by atoms with Crippen LogP contribution >= 0.6 is 0 Å². The van der Waals surface area contributed by atoms with Crippen LogP contribution in [0.25, 0.3) is 0 Å². The Balaban J connectivity index is 2.54. The van der Waals surface area contributed by atoms with Crippen LogP contribution in [0.4, 0.5) is 0 Å². The molecule has 15 heavy (non-hydrogen) atoms. The van der Waals surface area contributed by atoms with Gasteiger partial charge in [0.05, 0.1) is 6.61 Å². The quantitative estimate of drug-likeness (QED) is 0.678. The van der Waals surface area contributed by atoms with Crippen LogP contribution in [0.15, 0.2) is 30.3 Å². The Morgan fingerprint density at radius 3 is 2.53 bits per heavy atom. The molecule has 0 heterocycles. The molecule has 1 heteroatoms. The smallest absolute Gasteiger partial charge is 0.124 e. The predicted molar refractivity (Wildman–Crippen MR) is 61.9 cm³/mol. The second-order valence-electron chi connectivity index (χ2n) is 3.68. The highest BCUT2D eigenvalue weighted by molar-refractivity contribution is 5.26. The predicted octanol–water partition coefficient (Wildman–Crippen LogP) is 2.62. The third kappa shape index (κ3) is 4.36. The van der Waals surface area contributed by atoms with Crippen LogP contribution in [0.3, 0.4) is 0 Å². The summed E-state index contributed by atoms with van der Waals surface area (Å²) in [5.74, 6) is 7.73. The van der Waals surface area contributed by atoms with Gasteiger partial charge >= 0.3 is 0 Å². The van der Waals surface area contributed by atoms with Crippen molar-refractivity contribution in [1.29, 1.82) is 0 Å². The Kier molecular flexibility index (Phi) is 3.98. The zero-order chi connectivity index (χ0) is 11.1. The fraction of sp³-hybridized carbons (Fsp3) is 0.286. The average Bonchev–Trinajstić information content (AvgIpc) is 2.25. The first-order valence-electron chi connectivity index (χ1n) is 4.80. The molecule has 1 aromatic carbocycles. The number of ether oxygens (including phenoxy) is 1. The van der Waals surface area contributed by atoms with E-state index in [1.54, 1.807) is 0 Å². The van der Waals surface area contributed by atoms with Crippen molar-refractivity contribution in [3.05, 3.63) is 35.9 Å². The first-order chi connectivity index (χ1) is 7.14. The van der Waals surface area contributed by atoms with Gasteiger partial charge in [0, 0.05) is 0 Å². The van der Waals surface area contributed by atoms with E-state index in [1.165, 1.54) is 0 Å². The van der Waals surface area contributed by atoms with Gasteiger partial charge in [0.2, 0.25) is 0 Å². The molecule has 1 rings (SSSR count). The fourth-order valence-electron chi connectivity index (χ4n) is 1.06. The lowest BCUT2D eigenvalue weighted by Gasteiger charge is -2.18. The van der Waals surface area contributed by atoms with Crippen LogP contribution < -0.4 is 0 Å². The van der Waals surface area contributed by atoms with Gasteiger partial charge in [-0.3, -0.25) is 0 Å². The summed E-state index contributed by atoms with van der Waals surface area (Å²) in [5.41, 5.74) is 0.635. The summed E-state index contributed by atoms with van der Waals surface area (Å²) in [5, 5.41) is 0. The lowest BCUT2D eigenvalue weighted by molar-refractivity contribution is 0.0144. The molecule has 0 N–H and O–H groups in total. The number of rotatable bonds is 3. The highest BCUT2D eigenvalue weighted by atomic mass is 16.5. The SMILES string of the molecule is C#CC#CC(C)(C)OCc1ccccc1. The third-order valence-corrected chi connectivity index (χ3v) is 1.88.